The molecule has 1 aliphatic rings. The van der Waals surface area contributed by atoms with Gasteiger partial charge in [0.15, 0.2) is 0 Å². The summed E-state index contributed by atoms with van der Waals surface area (Å²) in [6, 6.07) is -0.278. The van der Waals surface area contributed by atoms with Gasteiger partial charge in [-0.3, -0.25) is 4.79 Å². The molecule has 0 spiro atoms. The van der Waals surface area contributed by atoms with Crippen LogP contribution in [0.2, 0.25) is 0 Å². The van der Waals surface area contributed by atoms with Gasteiger partial charge in [-0.1, -0.05) is 20.3 Å². The SMILES string of the molecule is CCCC(N)C(=O)N(CCC)CC1CC1.Cl. The molecule has 0 radical (unpaired) electrons. The zero-order chi connectivity index (χ0) is 11.3. The van der Waals surface area contributed by atoms with Crippen molar-refractivity contribution in [3.05, 3.63) is 0 Å². The number of carbonyl (C=O) groups excluding carboxylic acids is 1. The van der Waals surface area contributed by atoms with Gasteiger partial charge in [-0.25, -0.2) is 0 Å². The highest BCUT2D eigenvalue weighted by Gasteiger charge is 2.28. The van der Waals surface area contributed by atoms with Crippen LogP contribution in [0.15, 0.2) is 0 Å². The first-order chi connectivity index (χ1) is 7.19. The Hall–Kier alpha value is -0.280. The van der Waals surface area contributed by atoms with Crippen LogP contribution in [0.1, 0.15) is 46.0 Å². The standard InChI is InChI=1S/C12H24N2O.ClH/c1-3-5-11(13)12(15)14(8-4-2)9-10-6-7-10;/h10-11H,3-9,13H2,1-2H3;1H. The number of hydrogen-bond donors (Lipinski definition) is 1. The summed E-state index contributed by atoms with van der Waals surface area (Å²) in [4.78, 5) is 14.0. The molecule has 1 atom stereocenters. The second-order valence-corrected chi connectivity index (χ2v) is 4.62. The van der Waals surface area contributed by atoms with Gasteiger partial charge in [-0.15, -0.1) is 12.4 Å². The molecule has 1 amide bonds. The van der Waals surface area contributed by atoms with E-state index in [2.05, 4.69) is 13.8 Å². The number of amides is 1. The third kappa shape index (κ3) is 5.17. The van der Waals surface area contributed by atoms with Gasteiger partial charge in [0.25, 0.3) is 0 Å². The predicted molar refractivity (Wildman–Crippen MR) is 69.7 cm³/mol. The van der Waals surface area contributed by atoms with E-state index in [1.807, 2.05) is 4.90 Å². The first-order valence-corrected chi connectivity index (χ1v) is 6.23. The number of nitrogens with two attached hydrogens (primary N) is 1. The Morgan fingerprint density at radius 2 is 2.00 bits per heavy atom. The van der Waals surface area contributed by atoms with E-state index in [-0.39, 0.29) is 24.4 Å². The fraction of sp³-hybridized carbons (Fsp3) is 0.917. The Morgan fingerprint density at radius 3 is 2.44 bits per heavy atom. The summed E-state index contributed by atoms with van der Waals surface area (Å²) < 4.78 is 0. The van der Waals surface area contributed by atoms with E-state index in [0.29, 0.717) is 0 Å². The molecule has 3 nitrogen and oxygen atoms in total. The van der Waals surface area contributed by atoms with Gasteiger partial charge >= 0.3 is 0 Å². The van der Waals surface area contributed by atoms with Gasteiger partial charge in [0.2, 0.25) is 5.91 Å². The van der Waals surface area contributed by atoms with Crippen molar-refractivity contribution >= 4 is 18.3 Å². The molecule has 1 rings (SSSR count). The van der Waals surface area contributed by atoms with Gasteiger partial charge < -0.3 is 10.6 Å². The van der Waals surface area contributed by atoms with Crippen LogP contribution in [0.4, 0.5) is 0 Å². The summed E-state index contributed by atoms with van der Waals surface area (Å²) in [5, 5.41) is 0. The maximum absolute atomic E-state index is 12.0. The van der Waals surface area contributed by atoms with Gasteiger partial charge in [0.05, 0.1) is 6.04 Å². The summed E-state index contributed by atoms with van der Waals surface area (Å²) in [6.07, 6.45) is 5.39. The normalized spacial score (nSPS) is 16.4. The maximum Gasteiger partial charge on any atom is 0.239 e. The molecule has 0 bridgehead atoms. The minimum atomic E-state index is -0.278. The van der Waals surface area contributed by atoms with Crippen molar-refractivity contribution in [1.82, 2.24) is 4.90 Å². The van der Waals surface area contributed by atoms with E-state index in [9.17, 15) is 4.79 Å². The second kappa shape index (κ2) is 7.91. The summed E-state index contributed by atoms with van der Waals surface area (Å²) in [6.45, 7) is 5.98. The quantitative estimate of drug-likeness (QED) is 0.751. The molecule has 0 heterocycles. The monoisotopic (exact) mass is 248 g/mol. The van der Waals surface area contributed by atoms with E-state index in [0.717, 1.165) is 38.3 Å². The molecule has 1 fully saturated rings. The number of carbonyl (C=O) groups is 1. The van der Waals surface area contributed by atoms with Crippen LogP contribution in [-0.4, -0.2) is 29.9 Å². The van der Waals surface area contributed by atoms with E-state index in [1.165, 1.54) is 12.8 Å². The van der Waals surface area contributed by atoms with Crippen molar-refractivity contribution in [3.8, 4) is 0 Å². The van der Waals surface area contributed by atoms with Crippen LogP contribution in [-0.2, 0) is 4.79 Å². The molecule has 16 heavy (non-hydrogen) atoms. The van der Waals surface area contributed by atoms with Crippen LogP contribution in [0, 0.1) is 5.92 Å². The highest BCUT2D eigenvalue weighted by molar-refractivity contribution is 5.85. The van der Waals surface area contributed by atoms with E-state index >= 15 is 0 Å². The molecule has 2 N–H and O–H groups in total. The van der Waals surface area contributed by atoms with Gasteiger partial charge in [0.1, 0.15) is 0 Å². The van der Waals surface area contributed by atoms with Crippen molar-refractivity contribution in [1.29, 1.82) is 0 Å². The number of nitrogens with zero attached hydrogens (tertiary/aromatic N) is 1. The molecule has 1 unspecified atom stereocenters. The molecule has 4 heteroatoms. The Balaban J connectivity index is 0.00000225. The Labute approximate surface area is 105 Å². The second-order valence-electron chi connectivity index (χ2n) is 4.62. The fourth-order valence-electron chi connectivity index (χ4n) is 1.84. The molecular weight excluding hydrogens is 224 g/mol. The lowest BCUT2D eigenvalue weighted by Crippen LogP contribution is -2.44. The van der Waals surface area contributed by atoms with Crippen LogP contribution in [0.5, 0.6) is 0 Å². The Kier molecular flexibility index (Phi) is 7.77. The molecule has 0 aromatic carbocycles. The van der Waals surface area contributed by atoms with Gasteiger partial charge in [0, 0.05) is 13.1 Å². The molecular formula is C12H25ClN2O. The summed E-state index contributed by atoms with van der Waals surface area (Å²) in [7, 11) is 0. The van der Waals surface area contributed by atoms with Crippen molar-refractivity contribution in [3.63, 3.8) is 0 Å². The molecule has 1 saturated carbocycles. The third-order valence-corrected chi connectivity index (χ3v) is 2.90. The topological polar surface area (TPSA) is 46.3 Å². The van der Waals surface area contributed by atoms with Crippen molar-refractivity contribution in [2.24, 2.45) is 11.7 Å². The molecule has 0 aliphatic heterocycles. The summed E-state index contributed by atoms with van der Waals surface area (Å²) in [5.41, 5.74) is 5.86. The molecule has 96 valence electrons. The van der Waals surface area contributed by atoms with Crippen molar-refractivity contribution in [2.75, 3.05) is 13.1 Å². The summed E-state index contributed by atoms with van der Waals surface area (Å²) >= 11 is 0. The first kappa shape index (κ1) is 15.7. The first-order valence-electron chi connectivity index (χ1n) is 6.23. The van der Waals surface area contributed by atoms with Crippen LogP contribution >= 0.6 is 12.4 Å². The predicted octanol–water partition coefficient (Wildman–Crippen LogP) is 2.18. The molecule has 0 saturated heterocycles. The number of rotatable bonds is 7. The highest BCUT2D eigenvalue weighted by Crippen LogP contribution is 2.29. The average Bonchev–Trinajstić information content (AvgIpc) is 3.00. The lowest BCUT2D eigenvalue weighted by Gasteiger charge is -2.25. The third-order valence-electron chi connectivity index (χ3n) is 2.90. The lowest BCUT2D eigenvalue weighted by atomic mass is 10.1. The van der Waals surface area contributed by atoms with Crippen molar-refractivity contribution < 1.29 is 4.79 Å². The molecule has 0 aromatic rings. The zero-order valence-corrected chi connectivity index (χ0v) is 11.3. The van der Waals surface area contributed by atoms with Crippen LogP contribution < -0.4 is 5.73 Å². The average molecular weight is 249 g/mol. The minimum Gasteiger partial charge on any atom is -0.341 e. The van der Waals surface area contributed by atoms with Crippen LogP contribution in [0.3, 0.4) is 0 Å². The maximum atomic E-state index is 12.0. The largest absolute Gasteiger partial charge is 0.341 e. The molecule has 1 aliphatic carbocycles. The van der Waals surface area contributed by atoms with Crippen LogP contribution in [0.25, 0.3) is 0 Å². The van der Waals surface area contributed by atoms with Gasteiger partial charge in [-0.2, -0.15) is 0 Å². The number of hydrogen-bond acceptors (Lipinski definition) is 2. The Bertz CT molecular complexity index is 207. The summed E-state index contributed by atoms with van der Waals surface area (Å²) in [5.74, 6) is 0.917. The minimum absolute atomic E-state index is 0. The zero-order valence-electron chi connectivity index (χ0n) is 10.4. The number of halogens is 1. The highest BCUT2D eigenvalue weighted by atomic mass is 35.5. The molecule has 0 aromatic heterocycles. The smallest absolute Gasteiger partial charge is 0.239 e. The Morgan fingerprint density at radius 1 is 1.38 bits per heavy atom. The van der Waals surface area contributed by atoms with E-state index in [4.69, 9.17) is 5.73 Å². The lowest BCUT2D eigenvalue weighted by molar-refractivity contribution is -0.133. The fourth-order valence-corrected chi connectivity index (χ4v) is 1.84. The van der Waals surface area contributed by atoms with E-state index in [1.54, 1.807) is 0 Å². The van der Waals surface area contributed by atoms with E-state index < -0.39 is 0 Å². The van der Waals surface area contributed by atoms with Crippen molar-refractivity contribution in [2.45, 2.75) is 52.0 Å². The van der Waals surface area contributed by atoms with Gasteiger partial charge in [-0.05, 0) is 31.6 Å².